The van der Waals surface area contributed by atoms with Gasteiger partial charge in [0.2, 0.25) is 19.9 Å². The zero-order valence-electron chi connectivity index (χ0n) is 14.1. The lowest BCUT2D eigenvalue weighted by Crippen LogP contribution is -2.35. The minimum atomic E-state index is -3.76. The average molecular weight is 458 g/mol. The molecule has 1 fully saturated rings. The molecule has 0 amide bonds. The molecule has 0 saturated carbocycles. The Morgan fingerprint density at radius 2 is 1.62 bits per heavy atom. The van der Waals surface area contributed by atoms with Crippen LogP contribution in [-0.2, 0) is 19.9 Å². The second kappa shape index (κ2) is 7.80. The number of halogens is 1. The van der Waals surface area contributed by atoms with E-state index < -0.39 is 19.9 Å². The Hall–Kier alpha value is -1.22. The highest BCUT2D eigenvalue weighted by Gasteiger charge is 2.28. The number of nitrogens with zero attached hydrogens (tertiary/aromatic N) is 1. The summed E-state index contributed by atoms with van der Waals surface area (Å²) in [5.41, 5.74) is 0. The first-order valence-corrected chi connectivity index (χ1v) is 12.1. The van der Waals surface area contributed by atoms with Crippen molar-refractivity contribution in [3.05, 3.63) is 58.0 Å². The molecule has 1 saturated heterocycles. The van der Waals surface area contributed by atoms with Crippen LogP contribution in [0.1, 0.15) is 25.7 Å². The lowest BCUT2D eigenvalue weighted by atomic mass is 10.2. The number of rotatable bonds is 4. The summed E-state index contributed by atoms with van der Waals surface area (Å²) in [6.45, 7) is 0.960. The van der Waals surface area contributed by atoms with Gasteiger partial charge < -0.3 is 0 Å². The number of sulfonamides is 1. The Morgan fingerprint density at radius 1 is 0.923 bits per heavy atom. The molecule has 2 aliphatic rings. The third-order valence-corrected chi connectivity index (χ3v) is 8.73. The molecule has 0 radical (unpaired) electrons. The molecule has 0 unspecified atom stereocenters. The highest BCUT2D eigenvalue weighted by molar-refractivity contribution is 9.11. The monoisotopic (exact) mass is 457 g/mol. The smallest absolute Gasteiger partial charge is 0.219 e. The summed E-state index contributed by atoms with van der Waals surface area (Å²) in [7, 11) is -7.44. The second-order valence-electron chi connectivity index (χ2n) is 6.23. The first-order valence-electron chi connectivity index (χ1n) is 8.40. The van der Waals surface area contributed by atoms with Crippen LogP contribution in [0.15, 0.2) is 67.7 Å². The summed E-state index contributed by atoms with van der Waals surface area (Å²) in [6.07, 6.45) is 9.70. The second-order valence-corrected chi connectivity index (χ2v) is 11.1. The van der Waals surface area contributed by atoms with E-state index in [1.165, 1.54) is 28.6 Å². The van der Waals surface area contributed by atoms with Crippen molar-refractivity contribution in [2.24, 2.45) is 0 Å². The Bertz CT molecular complexity index is 986. The third-order valence-electron chi connectivity index (χ3n) is 4.44. The topological polar surface area (TPSA) is 71.5 Å². The Balaban J connectivity index is 1.98. The minimum absolute atomic E-state index is 0.00153. The van der Waals surface area contributed by atoms with Crippen LogP contribution < -0.4 is 0 Å². The van der Waals surface area contributed by atoms with Gasteiger partial charge in [0.15, 0.2) is 0 Å². The number of allylic oxidation sites excluding steroid dienone is 6. The van der Waals surface area contributed by atoms with E-state index in [9.17, 15) is 16.8 Å². The summed E-state index contributed by atoms with van der Waals surface area (Å²) in [5.74, 6) is 0. The lowest BCUT2D eigenvalue weighted by molar-refractivity contribution is 0.346. The van der Waals surface area contributed by atoms with Gasteiger partial charge in [-0.1, -0.05) is 40.6 Å². The van der Waals surface area contributed by atoms with Crippen molar-refractivity contribution in [1.29, 1.82) is 0 Å². The van der Waals surface area contributed by atoms with E-state index in [1.807, 2.05) is 0 Å². The van der Waals surface area contributed by atoms with Gasteiger partial charge in [-0.2, -0.15) is 4.31 Å². The largest absolute Gasteiger partial charge is 0.243 e. The molecule has 1 aliphatic carbocycles. The molecule has 1 aromatic carbocycles. The van der Waals surface area contributed by atoms with Crippen LogP contribution in [0.5, 0.6) is 0 Å². The maximum absolute atomic E-state index is 12.9. The van der Waals surface area contributed by atoms with Crippen LogP contribution in [0.3, 0.4) is 0 Å². The van der Waals surface area contributed by atoms with Crippen LogP contribution >= 0.6 is 15.9 Å². The number of hydrogen-bond donors (Lipinski definition) is 0. The first kappa shape index (κ1) is 19.5. The highest BCUT2D eigenvalue weighted by atomic mass is 79.9. The van der Waals surface area contributed by atoms with Crippen molar-refractivity contribution < 1.29 is 16.8 Å². The van der Waals surface area contributed by atoms with Gasteiger partial charge in [-0.25, -0.2) is 16.8 Å². The minimum Gasteiger partial charge on any atom is -0.219 e. The van der Waals surface area contributed by atoms with E-state index in [4.69, 9.17) is 0 Å². The van der Waals surface area contributed by atoms with Crippen molar-refractivity contribution in [2.75, 3.05) is 13.1 Å². The SMILES string of the molecule is O=S(=O)(C1=CC=C(Br)C=CC1)c1cccc(S(=O)(=O)N2CCCCC2)c1. The van der Waals surface area contributed by atoms with E-state index in [-0.39, 0.29) is 21.1 Å². The molecule has 1 aromatic rings. The molecule has 0 spiro atoms. The van der Waals surface area contributed by atoms with Gasteiger partial charge >= 0.3 is 0 Å². The van der Waals surface area contributed by atoms with Crippen molar-refractivity contribution in [2.45, 2.75) is 35.5 Å². The molecule has 1 aliphatic heterocycles. The van der Waals surface area contributed by atoms with Crippen molar-refractivity contribution in [1.82, 2.24) is 4.31 Å². The summed E-state index contributed by atoms with van der Waals surface area (Å²) in [6, 6.07) is 5.66. The predicted molar refractivity (Wildman–Crippen MR) is 105 cm³/mol. The zero-order chi connectivity index (χ0) is 18.8. The molecule has 0 atom stereocenters. The van der Waals surface area contributed by atoms with Gasteiger partial charge in [0.25, 0.3) is 0 Å². The molecule has 8 heteroatoms. The van der Waals surface area contributed by atoms with E-state index >= 15 is 0 Å². The maximum Gasteiger partial charge on any atom is 0.243 e. The maximum atomic E-state index is 12.9. The van der Waals surface area contributed by atoms with Crippen molar-refractivity contribution in [3.63, 3.8) is 0 Å². The van der Waals surface area contributed by atoms with E-state index in [0.717, 1.165) is 23.7 Å². The lowest BCUT2D eigenvalue weighted by Gasteiger charge is -2.26. The normalized spacial score (nSPS) is 19.6. The Morgan fingerprint density at radius 3 is 2.35 bits per heavy atom. The molecule has 140 valence electrons. The van der Waals surface area contributed by atoms with Gasteiger partial charge in [0, 0.05) is 24.0 Å². The van der Waals surface area contributed by atoms with Gasteiger partial charge in [-0.05, 0) is 43.2 Å². The summed E-state index contributed by atoms with van der Waals surface area (Å²) in [4.78, 5) is 0.263. The number of piperidine rings is 1. The van der Waals surface area contributed by atoms with Crippen LogP contribution in [0.4, 0.5) is 0 Å². The fourth-order valence-electron chi connectivity index (χ4n) is 2.99. The van der Waals surface area contributed by atoms with E-state index in [0.29, 0.717) is 13.1 Å². The molecular weight excluding hydrogens is 438 g/mol. The van der Waals surface area contributed by atoms with E-state index in [1.54, 1.807) is 24.3 Å². The summed E-state index contributed by atoms with van der Waals surface area (Å²) >= 11 is 3.32. The van der Waals surface area contributed by atoms with Gasteiger partial charge in [0.05, 0.1) is 14.7 Å². The molecule has 0 bridgehead atoms. The molecule has 0 N–H and O–H groups in total. The average Bonchev–Trinajstić information content (AvgIpc) is 2.87. The van der Waals surface area contributed by atoms with Crippen LogP contribution in [0.25, 0.3) is 0 Å². The zero-order valence-corrected chi connectivity index (χ0v) is 17.4. The van der Waals surface area contributed by atoms with Gasteiger partial charge in [0.1, 0.15) is 0 Å². The quantitative estimate of drug-likeness (QED) is 0.689. The highest BCUT2D eigenvalue weighted by Crippen LogP contribution is 2.28. The molecule has 0 aromatic heterocycles. The molecule has 5 nitrogen and oxygen atoms in total. The van der Waals surface area contributed by atoms with Crippen LogP contribution in [-0.4, -0.2) is 34.2 Å². The fraction of sp³-hybridized carbons (Fsp3) is 0.333. The molecule has 3 rings (SSSR count). The fourth-order valence-corrected chi connectivity index (χ4v) is 6.35. The molecular formula is C18H20BrNO4S2. The first-order chi connectivity index (χ1) is 12.3. The van der Waals surface area contributed by atoms with E-state index in [2.05, 4.69) is 15.9 Å². The van der Waals surface area contributed by atoms with Gasteiger partial charge in [-0.3, -0.25) is 0 Å². The molecule has 26 heavy (non-hydrogen) atoms. The number of hydrogen-bond acceptors (Lipinski definition) is 4. The van der Waals surface area contributed by atoms with Crippen LogP contribution in [0.2, 0.25) is 0 Å². The van der Waals surface area contributed by atoms with Crippen molar-refractivity contribution >= 4 is 35.8 Å². The third kappa shape index (κ3) is 4.03. The predicted octanol–water partition coefficient (Wildman–Crippen LogP) is 3.76. The standard InChI is InChI=1S/C18H20BrNO4S2/c19-15-6-4-7-16(11-10-15)25(21,22)17-8-5-9-18(14-17)26(23,24)20-12-2-1-3-13-20/h4-6,8-11,14H,1-3,7,12-13H2. The van der Waals surface area contributed by atoms with Crippen molar-refractivity contribution in [3.8, 4) is 0 Å². The Kier molecular flexibility index (Phi) is 5.86. The molecule has 1 heterocycles. The van der Waals surface area contributed by atoms with Crippen LogP contribution in [0, 0.1) is 0 Å². The summed E-state index contributed by atoms with van der Waals surface area (Å²) in [5, 5.41) is 0. The number of benzene rings is 1. The number of sulfone groups is 1. The Labute approximate surface area is 163 Å². The summed E-state index contributed by atoms with van der Waals surface area (Å²) < 4.78 is 53.8. The van der Waals surface area contributed by atoms with Gasteiger partial charge in [-0.15, -0.1) is 0 Å².